The van der Waals surface area contributed by atoms with E-state index < -0.39 is 84.6 Å². The minimum Gasteiger partial charge on any atom is -0.386 e. The van der Waals surface area contributed by atoms with E-state index in [1.54, 1.807) is 0 Å². The van der Waals surface area contributed by atoms with Gasteiger partial charge in [0.25, 0.3) is 0 Å². The number of imidazole rings is 1. The van der Waals surface area contributed by atoms with Crippen molar-refractivity contribution in [2.45, 2.75) is 122 Å². The molecule has 372 valence electrons. The average Bonchev–Trinajstić information content (AvgIpc) is 3.73. The molecule has 1 aliphatic rings. The van der Waals surface area contributed by atoms with Crippen molar-refractivity contribution in [2.24, 2.45) is 5.41 Å². The summed E-state index contributed by atoms with van der Waals surface area (Å²) in [6, 6.07) is 0. The number of hydrogen-bond donors (Lipinski definition) is 12. The molecule has 19 N–H and O–H groups in total. The molecule has 2 amide bonds. The Hall–Kier alpha value is -2.56. The largest absolute Gasteiger partial charge is 0.481 e. The van der Waals surface area contributed by atoms with Gasteiger partial charge in [-0.3, -0.25) is 32.5 Å². The maximum Gasteiger partial charge on any atom is 0.481 e. The zero-order valence-corrected chi connectivity index (χ0v) is 39.8. The average molecular weight is 1000 g/mol. The number of phosphoric acid groups is 3. The Morgan fingerprint density at radius 3 is 2.14 bits per heavy atom. The SMILES string of the molecule is CCCCCCCCCCCC(=O)SCCNC(=O)CCNC(=O)[C@H](O)C(C)(C)COP(=O)(O)OP(=O)(O)OC[C@H]1O[C@@H](n2cnc3c(N)ncnc32)C(O)[C@H]1OP(=O)(O)O.N.N.N. The van der Waals surface area contributed by atoms with E-state index in [0.29, 0.717) is 12.2 Å². The number of amides is 2. The molecule has 1 saturated heterocycles. The number of ether oxygens (including phenoxy) is 1. The summed E-state index contributed by atoms with van der Waals surface area (Å²) < 4.78 is 62.3. The lowest BCUT2D eigenvalue weighted by molar-refractivity contribution is -0.137. The number of carbonyl (C=O) groups excluding carboxylic acids is 3. The first-order chi connectivity index (χ1) is 28.6. The van der Waals surface area contributed by atoms with Gasteiger partial charge in [-0.1, -0.05) is 83.9 Å². The fourth-order valence-corrected chi connectivity index (χ4v) is 9.50. The smallest absolute Gasteiger partial charge is 0.386 e. The van der Waals surface area contributed by atoms with Gasteiger partial charge in [-0.2, -0.15) is 4.31 Å². The van der Waals surface area contributed by atoms with Crippen LogP contribution >= 0.6 is 35.2 Å². The van der Waals surface area contributed by atoms with Gasteiger partial charge in [-0.25, -0.2) is 28.6 Å². The van der Waals surface area contributed by atoms with Gasteiger partial charge in [0.2, 0.25) is 11.8 Å². The van der Waals surface area contributed by atoms with Crippen LogP contribution in [0, 0.1) is 5.41 Å². The Bertz CT molecular complexity index is 1900. The molecule has 1 aliphatic heterocycles. The number of unbranched alkanes of at least 4 members (excludes halogenated alkanes) is 8. The minimum absolute atomic E-state index is 0. The molecule has 0 radical (unpaired) electrons. The Balaban J connectivity index is 0.0000132. The van der Waals surface area contributed by atoms with Gasteiger partial charge in [-0.05, 0) is 6.42 Å². The molecule has 0 aliphatic carbocycles. The molecule has 1 fully saturated rings. The fraction of sp³-hybridized carbons (Fsp3) is 0.758. The minimum atomic E-state index is -5.57. The number of nitrogens with two attached hydrogens (primary N) is 1. The van der Waals surface area contributed by atoms with E-state index in [2.05, 4.69) is 41.3 Å². The van der Waals surface area contributed by atoms with Gasteiger partial charge in [0, 0.05) is 37.1 Å². The number of fused-ring (bicyclic) bond motifs is 1. The molecule has 0 spiro atoms. The van der Waals surface area contributed by atoms with E-state index >= 15 is 0 Å². The molecule has 0 aromatic carbocycles. The second kappa shape index (κ2) is 28.6. The number of nitrogen functional groups attached to an aromatic ring is 1. The van der Waals surface area contributed by atoms with Crippen molar-refractivity contribution in [3.8, 4) is 0 Å². The highest BCUT2D eigenvalue weighted by Crippen LogP contribution is 2.61. The van der Waals surface area contributed by atoms with Crippen molar-refractivity contribution in [1.82, 2.24) is 48.6 Å². The molecular formula is C33H67N10O17P3S. The normalized spacial score (nSPS) is 19.9. The molecule has 64 heavy (non-hydrogen) atoms. The van der Waals surface area contributed by atoms with E-state index in [4.69, 9.17) is 19.5 Å². The summed E-state index contributed by atoms with van der Waals surface area (Å²) in [5.41, 5.74) is 4.28. The van der Waals surface area contributed by atoms with Crippen molar-refractivity contribution >= 4 is 69.1 Å². The first-order valence-corrected chi connectivity index (χ1v) is 25.1. The molecule has 3 unspecified atom stereocenters. The highest BCUT2D eigenvalue weighted by atomic mass is 32.2. The van der Waals surface area contributed by atoms with Crippen molar-refractivity contribution in [3.05, 3.63) is 12.7 Å². The number of carbonyl (C=O) groups is 3. The van der Waals surface area contributed by atoms with Gasteiger partial charge in [0.15, 0.2) is 22.8 Å². The molecule has 3 heterocycles. The summed E-state index contributed by atoms with van der Waals surface area (Å²) >= 11 is 1.15. The number of aliphatic hydroxyl groups is 2. The van der Waals surface area contributed by atoms with Gasteiger partial charge in [-0.15, -0.1) is 0 Å². The lowest BCUT2D eigenvalue weighted by Gasteiger charge is -2.30. The number of nitrogens with one attached hydrogen (secondary N) is 2. The van der Waals surface area contributed by atoms with E-state index in [1.807, 2.05) is 0 Å². The number of phosphoric ester groups is 3. The Labute approximate surface area is 375 Å². The van der Waals surface area contributed by atoms with Crippen LogP contribution < -0.4 is 34.8 Å². The lowest BCUT2D eigenvalue weighted by Crippen LogP contribution is -2.46. The fourth-order valence-electron chi connectivity index (χ4n) is 5.95. The summed E-state index contributed by atoms with van der Waals surface area (Å²) in [7, 11) is -16.4. The highest BCUT2D eigenvalue weighted by Gasteiger charge is 2.50. The summed E-state index contributed by atoms with van der Waals surface area (Å²) in [5, 5.41) is 26.6. The first kappa shape index (κ1) is 61.4. The van der Waals surface area contributed by atoms with E-state index in [9.17, 15) is 57.9 Å². The molecule has 0 bridgehead atoms. The number of hydrogen-bond acceptors (Lipinski definition) is 21. The maximum atomic E-state index is 12.7. The quantitative estimate of drug-likeness (QED) is 0.0411. The third-order valence-corrected chi connectivity index (χ3v) is 13.3. The number of nitrogens with zero attached hydrogens (tertiary/aromatic N) is 4. The Kier molecular flexibility index (Phi) is 27.4. The zero-order chi connectivity index (χ0) is 45.4. The van der Waals surface area contributed by atoms with Gasteiger partial charge >= 0.3 is 23.5 Å². The third kappa shape index (κ3) is 20.9. The van der Waals surface area contributed by atoms with Crippen LogP contribution in [-0.2, 0) is 50.7 Å². The van der Waals surface area contributed by atoms with Crippen LogP contribution in [0.4, 0.5) is 5.82 Å². The predicted molar refractivity (Wildman–Crippen MR) is 234 cm³/mol. The Morgan fingerprint density at radius 2 is 1.52 bits per heavy atom. The van der Waals surface area contributed by atoms with E-state index in [0.717, 1.165) is 48.2 Å². The number of rotatable bonds is 29. The van der Waals surface area contributed by atoms with Crippen molar-refractivity contribution in [3.63, 3.8) is 0 Å². The van der Waals surface area contributed by atoms with E-state index in [1.165, 1.54) is 52.4 Å². The maximum absolute atomic E-state index is 12.7. The van der Waals surface area contributed by atoms with Crippen LogP contribution in [-0.4, -0.2) is 123 Å². The number of thioether (sulfide) groups is 1. The number of aromatic nitrogens is 4. The zero-order valence-electron chi connectivity index (χ0n) is 36.3. The van der Waals surface area contributed by atoms with Gasteiger partial charge < -0.3 is 69.3 Å². The van der Waals surface area contributed by atoms with Crippen molar-refractivity contribution in [2.75, 3.05) is 37.8 Å². The number of anilines is 1. The van der Waals surface area contributed by atoms with Crippen LogP contribution in [0.3, 0.4) is 0 Å². The summed E-state index contributed by atoms with van der Waals surface area (Å²) in [4.78, 5) is 88.0. The second-order valence-corrected chi connectivity index (χ2v) is 20.3. The third-order valence-electron chi connectivity index (χ3n) is 9.25. The topological polar surface area (TPSA) is 469 Å². The molecular weight excluding hydrogens is 933 g/mol. The summed E-state index contributed by atoms with van der Waals surface area (Å²) in [6.45, 7) is 2.76. The highest BCUT2D eigenvalue weighted by molar-refractivity contribution is 8.13. The van der Waals surface area contributed by atoms with Crippen LogP contribution in [0.2, 0.25) is 0 Å². The first-order valence-electron chi connectivity index (χ1n) is 19.6. The monoisotopic (exact) mass is 1000 g/mol. The Morgan fingerprint density at radius 1 is 0.906 bits per heavy atom. The van der Waals surface area contributed by atoms with Crippen LogP contribution in [0.25, 0.3) is 11.2 Å². The van der Waals surface area contributed by atoms with Crippen molar-refractivity contribution < 1.29 is 80.5 Å². The van der Waals surface area contributed by atoms with Crippen LogP contribution in [0.1, 0.15) is 97.6 Å². The second-order valence-electron chi connectivity index (χ2n) is 14.9. The van der Waals surface area contributed by atoms with Crippen LogP contribution in [0.5, 0.6) is 0 Å². The molecule has 3 rings (SSSR count). The molecule has 31 heteroatoms. The van der Waals surface area contributed by atoms with E-state index in [-0.39, 0.29) is 60.1 Å². The molecule has 7 atom stereocenters. The molecule has 27 nitrogen and oxygen atoms in total. The summed E-state index contributed by atoms with van der Waals surface area (Å²) in [5.74, 6) is -1.02. The van der Waals surface area contributed by atoms with Crippen LogP contribution in [0.15, 0.2) is 12.7 Å². The molecule has 0 saturated carbocycles. The molecule has 2 aromatic heterocycles. The van der Waals surface area contributed by atoms with Gasteiger partial charge in [0.05, 0.1) is 19.5 Å². The molecule has 2 aromatic rings. The lowest BCUT2D eigenvalue weighted by atomic mass is 9.87. The summed E-state index contributed by atoms with van der Waals surface area (Å²) in [6.07, 6.45) is 4.02. The number of aliphatic hydroxyl groups excluding tert-OH is 2. The predicted octanol–water partition coefficient (Wildman–Crippen LogP) is 3.07. The standard InChI is InChI=1S/C33H58N7O17P3S.3H3N/c1-4-5-6-7-8-9-10-11-12-13-24(42)61-17-16-35-23(41)14-15-36-31(45)28(44)33(2,3)19-54-60(51,52)57-59(49,50)53-18-22-27(56-58(46,47)48)26(43)32(55-22)40-21-39-25-29(34)37-20-38-30(25)40;;;/h20-22,26-28,32,43-44H,4-19H2,1-3H3,(H,35,41)(H,36,45)(H,49,50)(H,51,52)(H2,34,37,38)(H2,46,47,48);3*1H3/t22-,26?,27+,28+,32-;;;/m1.../s1. The van der Waals surface area contributed by atoms with Crippen molar-refractivity contribution in [1.29, 1.82) is 0 Å². The van der Waals surface area contributed by atoms with Gasteiger partial charge in [0.1, 0.15) is 36.3 Å².